The summed E-state index contributed by atoms with van der Waals surface area (Å²) in [6.45, 7) is 14.5. The number of rotatable bonds is 6. The van der Waals surface area contributed by atoms with Crippen molar-refractivity contribution >= 4 is 46.1 Å². The van der Waals surface area contributed by atoms with Gasteiger partial charge < -0.3 is 4.90 Å². The lowest BCUT2D eigenvalue weighted by atomic mass is 9.91. The van der Waals surface area contributed by atoms with Crippen molar-refractivity contribution in [2.45, 2.75) is 47.1 Å². The van der Waals surface area contributed by atoms with Crippen molar-refractivity contribution < 1.29 is 4.79 Å². The van der Waals surface area contributed by atoms with Gasteiger partial charge in [0.2, 0.25) is 0 Å². The zero-order chi connectivity index (χ0) is 23.6. The van der Waals surface area contributed by atoms with Crippen molar-refractivity contribution in [1.29, 1.82) is 5.26 Å². The fourth-order valence-corrected chi connectivity index (χ4v) is 5.93. The van der Waals surface area contributed by atoms with E-state index in [1.54, 1.807) is 17.6 Å². The molecule has 1 aromatic heterocycles. The zero-order valence-corrected chi connectivity index (χ0v) is 20.8. The molecule has 1 amide bonds. The topological polar surface area (TPSA) is 69.3 Å². The fraction of sp³-hybridized carbons (Fsp3) is 0.500. The number of nitriles is 1. The van der Waals surface area contributed by atoms with Gasteiger partial charge in [-0.05, 0) is 43.2 Å². The van der Waals surface area contributed by atoms with Crippen molar-refractivity contribution in [3.05, 3.63) is 44.6 Å². The Hall–Kier alpha value is -2.37. The van der Waals surface area contributed by atoms with Gasteiger partial charge in [0, 0.05) is 31.7 Å². The molecule has 2 unspecified atom stereocenters. The Kier molecular flexibility index (Phi) is 7.63. The Balaban J connectivity index is 2.27. The highest BCUT2D eigenvalue weighted by Gasteiger charge is 2.33. The number of pyridine rings is 1. The maximum Gasteiger partial charge on any atom is 0.270 e. The number of anilines is 1. The van der Waals surface area contributed by atoms with E-state index in [2.05, 4.69) is 31.4 Å². The Bertz CT molecular complexity index is 1070. The highest BCUT2D eigenvalue weighted by Crippen LogP contribution is 2.37. The Morgan fingerprint density at radius 1 is 1.28 bits per heavy atom. The van der Waals surface area contributed by atoms with E-state index in [9.17, 15) is 14.9 Å². The standard InChI is InChI=1S/C24H30N4O2S2/c1-6-8-27-21(26-13-15(3)10-16(4)14-26)18(17(5)19(12-25)22(27)29)11-20-23(30)28(9-7-2)24(31)32-20/h7,11,15-16H,2,6,8-10,13-14H2,1,3-5H3/b20-11+. The molecule has 32 heavy (non-hydrogen) atoms. The molecule has 2 saturated heterocycles. The minimum Gasteiger partial charge on any atom is -0.357 e. The van der Waals surface area contributed by atoms with Crippen LogP contribution in [0.4, 0.5) is 5.82 Å². The molecular formula is C24H30N4O2S2. The van der Waals surface area contributed by atoms with Crippen LogP contribution in [-0.2, 0) is 11.3 Å². The van der Waals surface area contributed by atoms with Gasteiger partial charge in [-0.3, -0.25) is 19.1 Å². The molecule has 0 aliphatic carbocycles. The molecule has 0 N–H and O–H groups in total. The maximum absolute atomic E-state index is 13.3. The summed E-state index contributed by atoms with van der Waals surface area (Å²) in [5, 5.41) is 9.76. The number of thioether (sulfide) groups is 1. The van der Waals surface area contributed by atoms with Crippen LogP contribution in [0.25, 0.3) is 6.08 Å². The summed E-state index contributed by atoms with van der Waals surface area (Å²) in [6.07, 6.45) is 5.37. The van der Waals surface area contributed by atoms with Gasteiger partial charge in [-0.15, -0.1) is 6.58 Å². The number of nitrogens with zero attached hydrogens (tertiary/aromatic N) is 4. The van der Waals surface area contributed by atoms with Gasteiger partial charge in [0.25, 0.3) is 11.5 Å². The summed E-state index contributed by atoms with van der Waals surface area (Å²) in [7, 11) is 0. The van der Waals surface area contributed by atoms with Gasteiger partial charge in [0.15, 0.2) is 0 Å². The number of carbonyl (C=O) groups is 1. The molecule has 0 bridgehead atoms. The molecule has 170 valence electrons. The molecule has 2 aliphatic rings. The number of thiocarbonyl (C=S) groups is 1. The lowest BCUT2D eigenvalue weighted by molar-refractivity contribution is -0.121. The van der Waals surface area contributed by atoms with Crippen molar-refractivity contribution in [2.24, 2.45) is 11.8 Å². The van der Waals surface area contributed by atoms with Gasteiger partial charge in [-0.25, -0.2) is 0 Å². The Morgan fingerprint density at radius 3 is 2.50 bits per heavy atom. The van der Waals surface area contributed by atoms with Crippen LogP contribution in [0.5, 0.6) is 0 Å². The van der Waals surface area contributed by atoms with Crippen LogP contribution >= 0.6 is 24.0 Å². The predicted octanol–water partition coefficient (Wildman–Crippen LogP) is 4.31. The molecule has 3 heterocycles. The molecule has 2 aliphatic heterocycles. The van der Waals surface area contributed by atoms with E-state index in [1.807, 2.05) is 13.0 Å². The largest absolute Gasteiger partial charge is 0.357 e. The highest BCUT2D eigenvalue weighted by molar-refractivity contribution is 8.26. The van der Waals surface area contributed by atoms with Gasteiger partial charge in [0.1, 0.15) is 21.8 Å². The smallest absolute Gasteiger partial charge is 0.270 e. The molecule has 0 aromatic carbocycles. The number of amides is 1. The summed E-state index contributed by atoms with van der Waals surface area (Å²) >= 11 is 6.65. The van der Waals surface area contributed by atoms with Crippen LogP contribution in [0.15, 0.2) is 22.4 Å². The molecule has 8 heteroatoms. The van der Waals surface area contributed by atoms with Crippen LogP contribution < -0.4 is 10.5 Å². The third kappa shape index (κ3) is 4.55. The summed E-state index contributed by atoms with van der Waals surface area (Å²) in [6, 6.07) is 2.10. The zero-order valence-electron chi connectivity index (χ0n) is 19.2. The summed E-state index contributed by atoms with van der Waals surface area (Å²) in [5.74, 6) is 1.61. The van der Waals surface area contributed by atoms with Crippen LogP contribution in [-0.4, -0.2) is 39.3 Å². The van der Waals surface area contributed by atoms with E-state index in [1.165, 1.54) is 16.7 Å². The number of hydrogen-bond acceptors (Lipinski definition) is 6. The van der Waals surface area contributed by atoms with Crippen molar-refractivity contribution in [3.63, 3.8) is 0 Å². The first-order valence-corrected chi connectivity index (χ1v) is 12.2. The van der Waals surface area contributed by atoms with E-state index < -0.39 is 0 Å². The number of piperidine rings is 1. The van der Waals surface area contributed by atoms with E-state index in [0.29, 0.717) is 39.7 Å². The Labute approximate surface area is 199 Å². The van der Waals surface area contributed by atoms with Crippen molar-refractivity contribution in [1.82, 2.24) is 9.47 Å². The molecule has 0 spiro atoms. The summed E-state index contributed by atoms with van der Waals surface area (Å²) in [5.41, 5.74) is 1.24. The van der Waals surface area contributed by atoms with Crippen LogP contribution in [0, 0.1) is 30.1 Å². The Morgan fingerprint density at radius 2 is 1.94 bits per heavy atom. The van der Waals surface area contributed by atoms with Crippen LogP contribution in [0.3, 0.4) is 0 Å². The van der Waals surface area contributed by atoms with E-state index >= 15 is 0 Å². The van der Waals surface area contributed by atoms with Crippen LogP contribution in [0.1, 0.15) is 50.3 Å². The summed E-state index contributed by atoms with van der Waals surface area (Å²) < 4.78 is 2.22. The minimum atomic E-state index is -0.260. The van der Waals surface area contributed by atoms with Crippen LogP contribution in [0.2, 0.25) is 0 Å². The third-order valence-electron chi connectivity index (χ3n) is 5.92. The lowest BCUT2D eigenvalue weighted by Crippen LogP contribution is -2.43. The second kappa shape index (κ2) is 10.1. The molecule has 3 rings (SSSR count). The first kappa shape index (κ1) is 24.3. The first-order valence-electron chi connectivity index (χ1n) is 11.0. The predicted molar refractivity (Wildman–Crippen MR) is 136 cm³/mol. The first-order chi connectivity index (χ1) is 15.2. The highest BCUT2D eigenvalue weighted by atomic mass is 32.2. The van der Waals surface area contributed by atoms with E-state index in [-0.39, 0.29) is 17.0 Å². The normalized spacial score (nSPS) is 22.5. The average molecular weight is 471 g/mol. The van der Waals surface area contributed by atoms with E-state index in [0.717, 1.165) is 37.3 Å². The van der Waals surface area contributed by atoms with Crippen molar-refractivity contribution in [3.8, 4) is 6.07 Å². The molecule has 0 radical (unpaired) electrons. The van der Waals surface area contributed by atoms with Gasteiger partial charge >= 0.3 is 0 Å². The second-order valence-corrected chi connectivity index (χ2v) is 10.4. The maximum atomic E-state index is 13.3. The molecule has 2 atom stereocenters. The van der Waals surface area contributed by atoms with Gasteiger partial charge in [-0.1, -0.05) is 50.8 Å². The van der Waals surface area contributed by atoms with Gasteiger partial charge in [-0.2, -0.15) is 5.26 Å². The number of carbonyl (C=O) groups excluding carboxylic acids is 1. The molecule has 1 aromatic rings. The minimum absolute atomic E-state index is 0.133. The molecule has 2 fully saturated rings. The van der Waals surface area contributed by atoms with Gasteiger partial charge in [0.05, 0.1) is 4.91 Å². The number of aromatic nitrogens is 1. The number of hydrogen-bond donors (Lipinski definition) is 0. The SMILES string of the molecule is C=CCN1C(=O)/C(=C\c2c(C)c(C#N)c(=O)n(CCC)c2N2CC(C)CC(C)C2)SC1=S. The monoisotopic (exact) mass is 470 g/mol. The lowest BCUT2D eigenvalue weighted by Gasteiger charge is -2.39. The molecule has 6 nitrogen and oxygen atoms in total. The third-order valence-corrected chi connectivity index (χ3v) is 7.30. The van der Waals surface area contributed by atoms with Crippen molar-refractivity contribution in [2.75, 3.05) is 24.5 Å². The quantitative estimate of drug-likeness (QED) is 0.351. The molecular weight excluding hydrogens is 440 g/mol. The fourth-order valence-electron chi connectivity index (χ4n) is 4.67. The average Bonchev–Trinajstić information content (AvgIpc) is 2.99. The van der Waals surface area contributed by atoms with E-state index in [4.69, 9.17) is 12.2 Å². The molecule has 0 saturated carbocycles. The summed E-state index contributed by atoms with van der Waals surface area (Å²) in [4.78, 5) is 30.5. The second-order valence-electron chi connectivity index (χ2n) is 8.74.